The molecule has 0 radical (unpaired) electrons. The van der Waals surface area contributed by atoms with Crippen molar-refractivity contribution < 1.29 is 29.3 Å². The van der Waals surface area contributed by atoms with Crippen molar-refractivity contribution in [1.29, 1.82) is 0 Å². The number of carbonyl (C=O) groups excluding carboxylic acids is 3. The van der Waals surface area contributed by atoms with Crippen LogP contribution in [0.5, 0.6) is 0 Å². The van der Waals surface area contributed by atoms with E-state index >= 15 is 0 Å². The second-order valence-electron chi connectivity index (χ2n) is 7.27. The quantitative estimate of drug-likeness (QED) is 0.296. The van der Waals surface area contributed by atoms with Gasteiger partial charge in [-0.05, 0) is 23.8 Å². The van der Waals surface area contributed by atoms with E-state index in [-0.39, 0.29) is 33.7 Å². The molecule has 3 rings (SSSR count). The van der Waals surface area contributed by atoms with Gasteiger partial charge in [0.05, 0.1) is 28.6 Å². The van der Waals surface area contributed by atoms with E-state index in [1.807, 2.05) is 0 Å². The van der Waals surface area contributed by atoms with Crippen LogP contribution >= 0.6 is 35.0 Å². The van der Waals surface area contributed by atoms with Crippen molar-refractivity contribution in [3.63, 3.8) is 0 Å². The van der Waals surface area contributed by atoms with Gasteiger partial charge >= 0.3 is 5.97 Å². The summed E-state index contributed by atoms with van der Waals surface area (Å²) in [5.74, 6) is -0.861. The Morgan fingerprint density at radius 3 is 2.53 bits per heavy atom. The zero-order chi connectivity index (χ0) is 24.8. The Balaban J connectivity index is 1.66. The van der Waals surface area contributed by atoms with Gasteiger partial charge in [-0.2, -0.15) is 0 Å². The minimum absolute atomic E-state index is 0.0670. The van der Waals surface area contributed by atoms with Crippen LogP contribution in [0.25, 0.3) is 0 Å². The fraction of sp³-hybridized carbons (Fsp3) is 0.333. The minimum Gasteiger partial charge on any atom is -0.467 e. The maximum Gasteiger partial charge on any atom is 0.328 e. The number of pyridine rings is 1. The van der Waals surface area contributed by atoms with Crippen LogP contribution in [0.4, 0.5) is 5.82 Å². The van der Waals surface area contributed by atoms with E-state index in [2.05, 4.69) is 15.6 Å². The number of esters is 1. The molecular weight excluding hydrogens is 507 g/mol. The van der Waals surface area contributed by atoms with Gasteiger partial charge in [0.1, 0.15) is 17.9 Å². The van der Waals surface area contributed by atoms with E-state index in [4.69, 9.17) is 27.9 Å². The van der Waals surface area contributed by atoms with Gasteiger partial charge in [0.25, 0.3) is 5.91 Å². The standard InChI is InChI=1S/C21H22Cl2N4O6S/c1-33-20(30)14(25-18(28)15-9-34-10-27(15)21(31)32)7-11-5-6-16(24-8-11)26-19(29)17-12(22)3-2-4-13(17)23/h2-6,8,14-15,21,31-32H,7,9-10H2,1H3,(H,25,28)(H,24,26,29). The Labute approximate surface area is 209 Å². The highest BCUT2D eigenvalue weighted by Crippen LogP contribution is 2.25. The van der Waals surface area contributed by atoms with Crippen molar-refractivity contribution in [2.24, 2.45) is 0 Å². The van der Waals surface area contributed by atoms with Crippen molar-refractivity contribution in [3.05, 3.63) is 57.7 Å². The van der Waals surface area contributed by atoms with E-state index in [0.29, 0.717) is 11.3 Å². The van der Waals surface area contributed by atoms with Crippen LogP contribution in [0.3, 0.4) is 0 Å². The number of ether oxygens (including phenoxy) is 1. The Morgan fingerprint density at radius 1 is 1.24 bits per heavy atom. The van der Waals surface area contributed by atoms with E-state index < -0.39 is 36.3 Å². The van der Waals surface area contributed by atoms with Crippen molar-refractivity contribution in [2.45, 2.75) is 24.9 Å². The Kier molecular flexibility index (Phi) is 9.11. The number of aliphatic hydroxyl groups is 2. The first-order valence-electron chi connectivity index (χ1n) is 9.99. The summed E-state index contributed by atoms with van der Waals surface area (Å²) in [6, 6.07) is 6.06. The molecule has 0 aliphatic carbocycles. The van der Waals surface area contributed by atoms with Crippen LogP contribution in [-0.4, -0.2) is 75.1 Å². The average Bonchev–Trinajstić information content (AvgIpc) is 3.30. The molecule has 1 saturated heterocycles. The molecule has 4 N–H and O–H groups in total. The average molecular weight is 529 g/mol. The summed E-state index contributed by atoms with van der Waals surface area (Å²) in [5, 5.41) is 24.5. The highest BCUT2D eigenvalue weighted by Gasteiger charge is 2.36. The van der Waals surface area contributed by atoms with Crippen LogP contribution < -0.4 is 10.6 Å². The van der Waals surface area contributed by atoms with Crippen molar-refractivity contribution in [1.82, 2.24) is 15.2 Å². The van der Waals surface area contributed by atoms with Gasteiger partial charge in [-0.25, -0.2) is 14.7 Å². The third-order valence-electron chi connectivity index (χ3n) is 5.01. The number of methoxy groups -OCH3 is 1. The monoisotopic (exact) mass is 528 g/mol. The van der Waals surface area contributed by atoms with Crippen LogP contribution in [0.2, 0.25) is 10.0 Å². The highest BCUT2D eigenvalue weighted by molar-refractivity contribution is 7.99. The smallest absolute Gasteiger partial charge is 0.328 e. The molecule has 2 aromatic rings. The molecule has 2 atom stereocenters. The third-order valence-corrected chi connectivity index (χ3v) is 6.68. The second-order valence-corrected chi connectivity index (χ2v) is 9.08. The summed E-state index contributed by atoms with van der Waals surface area (Å²) in [6.07, 6.45) is -0.270. The summed E-state index contributed by atoms with van der Waals surface area (Å²) in [6.45, 7) is 0. The molecule has 1 fully saturated rings. The van der Waals surface area contributed by atoms with Gasteiger partial charge < -0.3 is 25.6 Å². The number of anilines is 1. The normalized spacial score (nSPS) is 16.8. The first-order valence-corrected chi connectivity index (χ1v) is 11.9. The molecule has 1 aliphatic heterocycles. The number of aliphatic hydroxyl groups excluding tert-OH is 1. The molecule has 2 amide bonds. The number of amides is 2. The van der Waals surface area contributed by atoms with Crippen LogP contribution in [0, 0.1) is 0 Å². The molecule has 182 valence electrons. The molecule has 0 bridgehead atoms. The maximum absolute atomic E-state index is 12.7. The molecule has 13 heteroatoms. The number of hydrogen-bond acceptors (Lipinski definition) is 9. The van der Waals surface area contributed by atoms with Crippen molar-refractivity contribution >= 4 is 58.6 Å². The van der Waals surface area contributed by atoms with Gasteiger partial charge in [-0.1, -0.05) is 35.3 Å². The van der Waals surface area contributed by atoms with Crippen LogP contribution in [0.1, 0.15) is 15.9 Å². The summed E-state index contributed by atoms with van der Waals surface area (Å²) < 4.78 is 4.80. The van der Waals surface area contributed by atoms with E-state index in [9.17, 15) is 24.6 Å². The summed E-state index contributed by atoms with van der Waals surface area (Å²) in [7, 11) is 1.20. The van der Waals surface area contributed by atoms with Gasteiger partial charge in [0.2, 0.25) is 12.3 Å². The molecule has 1 aromatic carbocycles. The summed E-state index contributed by atoms with van der Waals surface area (Å²) in [5.41, 5.74) is 0.710. The number of carbonyl (C=O) groups is 3. The fourth-order valence-corrected chi connectivity index (χ4v) is 5.03. The number of halogens is 2. The zero-order valence-electron chi connectivity index (χ0n) is 17.9. The molecular formula is C21H22Cl2N4O6S. The third kappa shape index (κ3) is 6.38. The summed E-state index contributed by atoms with van der Waals surface area (Å²) in [4.78, 5) is 42.8. The van der Waals surface area contributed by atoms with Crippen molar-refractivity contribution in [2.75, 3.05) is 24.1 Å². The number of nitrogens with one attached hydrogen (secondary N) is 2. The first-order chi connectivity index (χ1) is 16.2. The van der Waals surface area contributed by atoms with Gasteiger partial charge in [0.15, 0.2) is 0 Å². The maximum atomic E-state index is 12.7. The number of rotatable bonds is 8. The number of nitrogens with zero attached hydrogens (tertiary/aromatic N) is 2. The largest absolute Gasteiger partial charge is 0.467 e. The number of hydrogen-bond donors (Lipinski definition) is 4. The molecule has 2 heterocycles. The SMILES string of the molecule is COC(=O)C(Cc1ccc(NC(=O)c2c(Cl)cccc2Cl)nc1)NC(=O)C1CSCN1C(O)O. The molecule has 0 saturated carbocycles. The van der Waals surface area contributed by atoms with E-state index in [1.54, 1.807) is 24.3 Å². The molecule has 1 aliphatic rings. The van der Waals surface area contributed by atoms with Gasteiger partial charge in [-0.3, -0.25) is 9.59 Å². The van der Waals surface area contributed by atoms with Crippen LogP contribution in [0.15, 0.2) is 36.5 Å². The molecule has 2 unspecified atom stereocenters. The number of thioether (sulfide) groups is 1. The summed E-state index contributed by atoms with van der Waals surface area (Å²) >= 11 is 13.5. The predicted octanol–water partition coefficient (Wildman–Crippen LogP) is 1.48. The molecule has 10 nitrogen and oxygen atoms in total. The zero-order valence-corrected chi connectivity index (χ0v) is 20.2. The highest BCUT2D eigenvalue weighted by atomic mass is 35.5. The Morgan fingerprint density at radius 2 is 1.94 bits per heavy atom. The lowest BCUT2D eigenvalue weighted by Crippen LogP contribution is -2.53. The molecule has 34 heavy (non-hydrogen) atoms. The van der Waals surface area contributed by atoms with Gasteiger partial charge in [-0.15, -0.1) is 11.8 Å². The number of aromatic nitrogens is 1. The topological polar surface area (TPSA) is 141 Å². The van der Waals surface area contributed by atoms with E-state index in [0.717, 1.165) is 0 Å². The minimum atomic E-state index is -1.78. The predicted molar refractivity (Wildman–Crippen MR) is 127 cm³/mol. The Bertz CT molecular complexity index is 1040. The first kappa shape index (κ1) is 26.2. The number of benzene rings is 1. The van der Waals surface area contributed by atoms with Crippen LogP contribution in [-0.2, 0) is 20.7 Å². The van der Waals surface area contributed by atoms with Crippen molar-refractivity contribution in [3.8, 4) is 0 Å². The van der Waals surface area contributed by atoms with E-state index in [1.165, 1.54) is 36.0 Å². The molecule has 1 aromatic heterocycles. The molecule has 0 spiro atoms. The fourth-order valence-electron chi connectivity index (χ4n) is 3.26. The second kappa shape index (κ2) is 11.8. The van der Waals surface area contributed by atoms with Gasteiger partial charge in [0, 0.05) is 18.4 Å². The lowest BCUT2D eigenvalue weighted by atomic mass is 10.1. The lowest BCUT2D eigenvalue weighted by Gasteiger charge is -2.26. The lowest BCUT2D eigenvalue weighted by molar-refractivity contribution is -0.166. The Hall–Kier alpha value is -2.41.